The summed E-state index contributed by atoms with van der Waals surface area (Å²) in [4.78, 5) is 2.33. The standard InChI is InChI=1S/C15H25BrN2/c1-11(2)15(17)7-8-18(4)10-13-6-5-12(3)9-14(13)16/h5-6,9,11,15H,7-8,10,17H2,1-4H3. The minimum Gasteiger partial charge on any atom is -0.327 e. The molecule has 0 heterocycles. The molecule has 18 heavy (non-hydrogen) atoms. The first kappa shape index (κ1) is 15.7. The van der Waals surface area contributed by atoms with Crippen molar-refractivity contribution in [3.63, 3.8) is 0 Å². The number of hydrogen-bond acceptors (Lipinski definition) is 2. The largest absolute Gasteiger partial charge is 0.327 e. The average Bonchev–Trinajstić information content (AvgIpc) is 2.29. The van der Waals surface area contributed by atoms with Crippen molar-refractivity contribution in [2.75, 3.05) is 13.6 Å². The van der Waals surface area contributed by atoms with E-state index < -0.39 is 0 Å². The molecule has 0 bridgehead atoms. The van der Waals surface area contributed by atoms with Gasteiger partial charge in [0.25, 0.3) is 0 Å². The van der Waals surface area contributed by atoms with Gasteiger partial charge < -0.3 is 10.6 Å². The predicted octanol–water partition coefficient (Wildman–Crippen LogP) is 3.56. The second-order valence-corrected chi connectivity index (χ2v) is 6.38. The molecule has 2 nitrogen and oxygen atoms in total. The monoisotopic (exact) mass is 312 g/mol. The molecule has 0 amide bonds. The molecule has 3 heteroatoms. The SMILES string of the molecule is Cc1ccc(CN(C)CCC(N)C(C)C)c(Br)c1. The average molecular weight is 313 g/mol. The molecule has 1 rings (SSSR count). The van der Waals surface area contributed by atoms with Crippen LogP contribution in [0.25, 0.3) is 0 Å². The van der Waals surface area contributed by atoms with Crippen LogP contribution in [0.3, 0.4) is 0 Å². The van der Waals surface area contributed by atoms with Gasteiger partial charge in [0, 0.05) is 17.1 Å². The highest BCUT2D eigenvalue weighted by Crippen LogP contribution is 2.19. The summed E-state index contributed by atoms with van der Waals surface area (Å²) in [5.41, 5.74) is 8.69. The fraction of sp³-hybridized carbons (Fsp3) is 0.600. The van der Waals surface area contributed by atoms with Gasteiger partial charge in [-0.05, 0) is 50.0 Å². The van der Waals surface area contributed by atoms with Gasteiger partial charge in [-0.25, -0.2) is 0 Å². The lowest BCUT2D eigenvalue weighted by Gasteiger charge is -2.21. The third-order valence-electron chi connectivity index (χ3n) is 3.35. The lowest BCUT2D eigenvalue weighted by atomic mass is 10.0. The van der Waals surface area contributed by atoms with E-state index in [2.05, 4.69) is 66.8 Å². The first-order chi connectivity index (χ1) is 8.40. The van der Waals surface area contributed by atoms with E-state index in [1.807, 2.05) is 0 Å². The van der Waals surface area contributed by atoms with Crippen molar-refractivity contribution in [2.45, 2.75) is 39.8 Å². The summed E-state index contributed by atoms with van der Waals surface area (Å²) >= 11 is 3.63. The van der Waals surface area contributed by atoms with Crippen molar-refractivity contribution >= 4 is 15.9 Å². The van der Waals surface area contributed by atoms with Gasteiger partial charge >= 0.3 is 0 Å². The normalized spacial score (nSPS) is 13.3. The molecule has 102 valence electrons. The Kier molecular flexibility index (Phi) is 6.33. The number of hydrogen-bond donors (Lipinski definition) is 1. The smallest absolute Gasteiger partial charge is 0.0241 e. The van der Waals surface area contributed by atoms with Crippen LogP contribution in [-0.4, -0.2) is 24.5 Å². The van der Waals surface area contributed by atoms with E-state index in [1.54, 1.807) is 0 Å². The van der Waals surface area contributed by atoms with E-state index >= 15 is 0 Å². The van der Waals surface area contributed by atoms with Gasteiger partial charge in [0.15, 0.2) is 0 Å². The Hall–Kier alpha value is -0.380. The summed E-state index contributed by atoms with van der Waals surface area (Å²) < 4.78 is 1.20. The molecule has 0 aliphatic heterocycles. The first-order valence-corrected chi connectivity index (χ1v) is 7.38. The maximum absolute atomic E-state index is 6.07. The van der Waals surface area contributed by atoms with Crippen LogP contribution < -0.4 is 5.73 Å². The summed E-state index contributed by atoms with van der Waals surface area (Å²) in [6.45, 7) is 8.48. The Bertz CT molecular complexity index is 377. The Morgan fingerprint density at radius 2 is 2.00 bits per heavy atom. The van der Waals surface area contributed by atoms with Crippen LogP contribution in [0.5, 0.6) is 0 Å². The zero-order chi connectivity index (χ0) is 13.7. The number of benzene rings is 1. The quantitative estimate of drug-likeness (QED) is 0.870. The lowest BCUT2D eigenvalue weighted by molar-refractivity contribution is 0.296. The molecule has 1 atom stereocenters. The van der Waals surface area contributed by atoms with Gasteiger partial charge in [-0.15, -0.1) is 0 Å². The molecular weight excluding hydrogens is 288 g/mol. The third kappa shape index (κ3) is 5.09. The van der Waals surface area contributed by atoms with Crippen molar-refractivity contribution in [2.24, 2.45) is 11.7 Å². The van der Waals surface area contributed by atoms with Crippen molar-refractivity contribution in [3.8, 4) is 0 Å². The summed E-state index contributed by atoms with van der Waals surface area (Å²) in [5, 5.41) is 0. The number of nitrogens with zero attached hydrogens (tertiary/aromatic N) is 1. The lowest BCUT2D eigenvalue weighted by Crippen LogP contribution is -2.31. The molecule has 1 aromatic rings. The van der Waals surface area contributed by atoms with Crippen LogP contribution >= 0.6 is 15.9 Å². The Labute approximate surface area is 120 Å². The van der Waals surface area contributed by atoms with Crippen LogP contribution in [0, 0.1) is 12.8 Å². The fourth-order valence-electron chi connectivity index (χ4n) is 1.85. The molecule has 0 spiro atoms. The van der Waals surface area contributed by atoms with Gasteiger partial charge in [-0.1, -0.05) is 41.9 Å². The Balaban J connectivity index is 2.47. The molecule has 1 unspecified atom stereocenters. The molecule has 2 N–H and O–H groups in total. The van der Waals surface area contributed by atoms with E-state index in [-0.39, 0.29) is 0 Å². The minimum atomic E-state index is 0.300. The highest BCUT2D eigenvalue weighted by molar-refractivity contribution is 9.10. The molecular formula is C15H25BrN2. The maximum Gasteiger partial charge on any atom is 0.0241 e. The van der Waals surface area contributed by atoms with E-state index in [0.29, 0.717) is 12.0 Å². The Morgan fingerprint density at radius 3 is 2.56 bits per heavy atom. The zero-order valence-electron chi connectivity index (χ0n) is 11.9. The topological polar surface area (TPSA) is 29.3 Å². The summed E-state index contributed by atoms with van der Waals surface area (Å²) in [5.74, 6) is 0.560. The highest BCUT2D eigenvalue weighted by atomic mass is 79.9. The second kappa shape index (κ2) is 7.27. The van der Waals surface area contributed by atoms with Gasteiger partial charge in [0.2, 0.25) is 0 Å². The van der Waals surface area contributed by atoms with E-state index in [4.69, 9.17) is 5.73 Å². The molecule has 0 aliphatic carbocycles. The molecule has 0 aliphatic rings. The van der Waals surface area contributed by atoms with Crippen LogP contribution in [-0.2, 0) is 6.54 Å². The van der Waals surface area contributed by atoms with Gasteiger partial charge in [0.1, 0.15) is 0 Å². The van der Waals surface area contributed by atoms with Crippen molar-refractivity contribution in [1.29, 1.82) is 0 Å². The molecule has 0 saturated carbocycles. The molecule has 1 aromatic carbocycles. The van der Waals surface area contributed by atoms with Crippen LogP contribution in [0.1, 0.15) is 31.4 Å². The van der Waals surface area contributed by atoms with Gasteiger partial charge in [-0.3, -0.25) is 0 Å². The number of halogens is 1. The van der Waals surface area contributed by atoms with Crippen molar-refractivity contribution in [3.05, 3.63) is 33.8 Å². The van der Waals surface area contributed by atoms with Crippen LogP contribution in [0.15, 0.2) is 22.7 Å². The zero-order valence-corrected chi connectivity index (χ0v) is 13.5. The minimum absolute atomic E-state index is 0.300. The maximum atomic E-state index is 6.07. The van der Waals surface area contributed by atoms with Gasteiger partial charge in [-0.2, -0.15) is 0 Å². The van der Waals surface area contributed by atoms with Crippen molar-refractivity contribution in [1.82, 2.24) is 4.90 Å². The van der Waals surface area contributed by atoms with Crippen molar-refractivity contribution < 1.29 is 0 Å². The Morgan fingerprint density at radius 1 is 1.33 bits per heavy atom. The first-order valence-electron chi connectivity index (χ1n) is 6.59. The van der Waals surface area contributed by atoms with Gasteiger partial charge in [0.05, 0.1) is 0 Å². The summed E-state index contributed by atoms with van der Waals surface area (Å²) in [6, 6.07) is 6.82. The molecule has 0 radical (unpaired) electrons. The molecule has 0 aromatic heterocycles. The number of rotatable bonds is 6. The molecule has 0 fully saturated rings. The third-order valence-corrected chi connectivity index (χ3v) is 4.09. The predicted molar refractivity (Wildman–Crippen MR) is 82.6 cm³/mol. The van der Waals surface area contributed by atoms with E-state index in [1.165, 1.54) is 15.6 Å². The van der Waals surface area contributed by atoms with E-state index in [0.717, 1.165) is 19.5 Å². The number of nitrogens with two attached hydrogens (primary N) is 1. The van der Waals surface area contributed by atoms with E-state index in [9.17, 15) is 0 Å². The molecule has 0 saturated heterocycles. The summed E-state index contributed by atoms with van der Waals surface area (Å²) in [7, 11) is 2.15. The highest BCUT2D eigenvalue weighted by Gasteiger charge is 2.10. The second-order valence-electron chi connectivity index (χ2n) is 5.53. The number of aryl methyl sites for hydroxylation is 1. The van der Waals surface area contributed by atoms with Crippen LogP contribution in [0.2, 0.25) is 0 Å². The fourth-order valence-corrected chi connectivity index (χ4v) is 2.47. The van der Waals surface area contributed by atoms with Crippen LogP contribution in [0.4, 0.5) is 0 Å². The summed E-state index contributed by atoms with van der Waals surface area (Å²) in [6.07, 6.45) is 1.05.